The Morgan fingerprint density at radius 1 is 1.32 bits per heavy atom. The van der Waals surface area contributed by atoms with Crippen molar-refractivity contribution in [1.29, 1.82) is 0 Å². The molecule has 0 bridgehead atoms. The zero-order valence-electron chi connectivity index (χ0n) is 10.8. The van der Waals surface area contributed by atoms with Crippen molar-refractivity contribution in [2.45, 2.75) is 25.3 Å². The summed E-state index contributed by atoms with van der Waals surface area (Å²) in [7, 11) is -0.680. The van der Waals surface area contributed by atoms with Crippen molar-refractivity contribution in [3.05, 3.63) is 29.3 Å². The third kappa shape index (κ3) is 2.81. The molecule has 1 aromatic carbocycles. The lowest BCUT2D eigenvalue weighted by Gasteiger charge is -2.22. The lowest BCUT2D eigenvalue weighted by Crippen LogP contribution is -2.39. The lowest BCUT2D eigenvalue weighted by molar-refractivity contribution is 0.0934. The van der Waals surface area contributed by atoms with Gasteiger partial charge < -0.3 is 10.6 Å². The monoisotopic (exact) mass is 278 g/mol. The quantitative estimate of drug-likeness (QED) is 0.857. The molecule has 1 aromatic rings. The summed E-state index contributed by atoms with van der Waals surface area (Å²) in [5.74, 6) is 1.41. The molecule has 1 fully saturated rings. The van der Waals surface area contributed by atoms with Gasteiger partial charge in [0.05, 0.1) is 0 Å². The van der Waals surface area contributed by atoms with Crippen molar-refractivity contribution in [3.8, 4) is 0 Å². The largest absolute Gasteiger partial charge is 0.384 e. The summed E-state index contributed by atoms with van der Waals surface area (Å²) in [5, 5.41) is 6.34. The molecule has 2 heterocycles. The van der Waals surface area contributed by atoms with Gasteiger partial charge in [0.15, 0.2) is 0 Å². The second-order valence-corrected chi connectivity index (χ2v) is 6.84. The van der Waals surface area contributed by atoms with E-state index in [0.29, 0.717) is 11.5 Å². The fraction of sp³-hybridized carbons (Fsp3) is 0.500. The first-order valence-electron chi connectivity index (χ1n) is 6.75. The van der Waals surface area contributed by atoms with Crippen LogP contribution in [-0.2, 0) is 17.2 Å². The molecule has 0 unspecified atom stereocenters. The molecule has 19 heavy (non-hydrogen) atoms. The van der Waals surface area contributed by atoms with E-state index >= 15 is 0 Å². The van der Waals surface area contributed by atoms with Gasteiger partial charge in [-0.3, -0.25) is 9.00 Å². The molecule has 0 saturated carbocycles. The van der Waals surface area contributed by atoms with E-state index in [-0.39, 0.29) is 11.9 Å². The number of benzene rings is 1. The number of rotatable bonds is 2. The second-order valence-electron chi connectivity index (χ2n) is 5.14. The van der Waals surface area contributed by atoms with E-state index in [2.05, 4.69) is 10.6 Å². The van der Waals surface area contributed by atoms with Crippen molar-refractivity contribution >= 4 is 22.4 Å². The van der Waals surface area contributed by atoms with Crippen LogP contribution in [0.3, 0.4) is 0 Å². The number of anilines is 1. The van der Waals surface area contributed by atoms with Gasteiger partial charge in [0.25, 0.3) is 5.91 Å². The molecule has 0 aliphatic carbocycles. The van der Waals surface area contributed by atoms with Crippen LogP contribution in [-0.4, -0.2) is 34.2 Å². The summed E-state index contributed by atoms with van der Waals surface area (Å²) in [4.78, 5) is 12.2. The summed E-state index contributed by atoms with van der Waals surface area (Å²) in [6, 6.07) is 6.00. The first-order chi connectivity index (χ1) is 9.22. The molecule has 0 atom stereocenters. The van der Waals surface area contributed by atoms with Crippen LogP contribution >= 0.6 is 0 Å². The van der Waals surface area contributed by atoms with Gasteiger partial charge in [-0.25, -0.2) is 0 Å². The molecule has 5 heteroatoms. The van der Waals surface area contributed by atoms with Crippen LogP contribution in [0.5, 0.6) is 0 Å². The minimum absolute atomic E-state index is 0.00705. The van der Waals surface area contributed by atoms with E-state index in [1.54, 1.807) is 0 Å². The van der Waals surface area contributed by atoms with Crippen molar-refractivity contribution in [2.24, 2.45) is 0 Å². The van der Waals surface area contributed by atoms with Crippen LogP contribution in [0.4, 0.5) is 5.69 Å². The predicted molar refractivity (Wildman–Crippen MR) is 77.0 cm³/mol. The Kier molecular flexibility index (Phi) is 3.55. The van der Waals surface area contributed by atoms with Gasteiger partial charge in [0.2, 0.25) is 0 Å². The Morgan fingerprint density at radius 2 is 2.11 bits per heavy atom. The van der Waals surface area contributed by atoms with E-state index in [1.165, 1.54) is 5.56 Å². The van der Waals surface area contributed by atoms with Gasteiger partial charge in [-0.1, -0.05) is 0 Å². The Bertz CT molecular complexity index is 520. The van der Waals surface area contributed by atoms with Gasteiger partial charge in [0.1, 0.15) is 0 Å². The van der Waals surface area contributed by atoms with Gasteiger partial charge >= 0.3 is 0 Å². The van der Waals surface area contributed by atoms with Crippen LogP contribution < -0.4 is 10.6 Å². The highest BCUT2D eigenvalue weighted by molar-refractivity contribution is 7.85. The van der Waals surface area contributed by atoms with Gasteiger partial charge in [-0.2, -0.15) is 0 Å². The average Bonchev–Trinajstić information content (AvgIpc) is 2.88. The minimum Gasteiger partial charge on any atom is -0.384 e. The molecule has 102 valence electrons. The smallest absolute Gasteiger partial charge is 0.251 e. The summed E-state index contributed by atoms with van der Waals surface area (Å²) in [5.41, 5.74) is 3.09. The summed E-state index contributed by atoms with van der Waals surface area (Å²) >= 11 is 0. The summed E-state index contributed by atoms with van der Waals surface area (Å²) in [6.07, 6.45) is 2.63. The number of carbonyl (C=O) groups is 1. The van der Waals surface area contributed by atoms with Crippen LogP contribution in [0.2, 0.25) is 0 Å². The van der Waals surface area contributed by atoms with E-state index in [0.717, 1.165) is 37.1 Å². The summed E-state index contributed by atoms with van der Waals surface area (Å²) < 4.78 is 11.3. The molecule has 0 aromatic heterocycles. The number of fused-ring (bicyclic) bond motifs is 1. The molecule has 0 radical (unpaired) electrons. The Balaban J connectivity index is 1.65. The van der Waals surface area contributed by atoms with Crippen molar-refractivity contribution in [2.75, 3.05) is 23.4 Å². The fourth-order valence-electron chi connectivity index (χ4n) is 2.65. The highest BCUT2D eigenvalue weighted by Crippen LogP contribution is 2.23. The maximum atomic E-state index is 12.2. The van der Waals surface area contributed by atoms with Crippen LogP contribution in [0.25, 0.3) is 0 Å². The molecule has 0 spiro atoms. The number of amides is 1. The zero-order valence-corrected chi connectivity index (χ0v) is 11.6. The van der Waals surface area contributed by atoms with Crippen molar-refractivity contribution in [3.63, 3.8) is 0 Å². The summed E-state index contributed by atoms with van der Waals surface area (Å²) in [6.45, 7) is 0.953. The first kappa shape index (κ1) is 12.7. The zero-order chi connectivity index (χ0) is 13.2. The van der Waals surface area contributed by atoms with Crippen molar-refractivity contribution in [1.82, 2.24) is 5.32 Å². The molecule has 2 aliphatic heterocycles. The third-order valence-electron chi connectivity index (χ3n) is 3.80. The molecule has 3 rings (SSSR count). The highest BCUT2D eigenvalue weighted by atomic mass is 32.2. The average molecular weight is 278 g/mol. The van der Waals surface area contributed by atoms with Crippen LogP contribution in [0.15, 0.2) is 18.2 Å². The van der Waals surface area contributed by atoms with Crippen LogP contribution in [0, 0.1) is 0 Å². The van der Waals surface area contributed by atoms with Gasteiger partial charge in [0, 0.05) is 46.1 Å². The van der Waals surface area contributed by atoms with Gasteiger partial charge in [-0.05, 0) is 43.0 Å². The topological polar surface area (TPSA) is 58.2 Å². The first-order valence-corrected chi connectivity index (χ1v) is 8.24. The third-order valence-corrected chi connectivity index (χ3v) is 5.18. The molecule has 1 saturated heterocycles. The minimum atomic E-state index is -0.680. The SMILES string of the molecule is O=C(NC1CCS(=O)CC1)c1ccc2c(c1)CCN2. The predicted octanol–water partition coefficient (Wildman–Crippen LogP) is 1.30. The molecule has 1 amide bonds. The van der Waals surface area contributed by atoms with Crippen LogP contribution in [0.1, 0.15) is 28.8 Å². The Hall–Kier alpha value is -1.36. The number of nitrogens with one attached hydrogen (secondary N) is 2. The molecule has 2 aliphatic rings. The highest BCUT2D eigenvalue weighted by Gasteiger charge is 2.20. The fourth-order valence-corrected chi connectivity index (χ4v) is 3.95. The maximum Gasteiger partial charge on any atom is 0.251 e. The normalized spacial score (nSPS) is 25.5. The number of carbonyl (C=O) groups excluding carboxylic acids is 1. The van der Waals surface area contributed by atoms with E-state index in [9.17, 15) is 9.00 Å². The molecule has 4 nitrogen and oxygen atoms in total. The van der Waals surface area contributed by atoms with E-state index in [1.807, 2.05) is 18.2 Å². The standard InChI is InChI=1S/C14H18N2O2S/c17-14(16-12-4-7-19(18)8-5-12)11-1-2-13-10(9-11)3-6-15-13/h1-2,9,12,15H,3-8H2,(H,16,17). The number of hydrogen-bond acceptors (Lipinski definition) is 3. The Labute approximate surface area is 115 Å². The molecular weight excluding hydrogens is 260 g/mol. The maximum absolute atomic E-state index is 12.2. The molecule has 2 N–H and O–H groups in total. The second kappa shape index (κ2) is 5.33. The van der Waals surface area contributed by atoms with E-state index in [4.69, 9.17) is 0 Å². The molecular formula is C14H18N2O2S. The Morgan fingerprint density at radius 3 is 2.89 bits per heavy atom. The van der Waals surface area contributed by atoms with Crippen molar-refractivity contribution < 1.29 is 9.00 Å². The number of hydrogen-bond donors (Lipinski definition) is 2. The lowest BCUT2D eigenvalue weighted by atomic mass is 10.1. The van der Waals surface area contributed by atoms with E-state index < -0.39 is 10.8 Å². The van der Waals surface area contributed by atoms with Gasteiger partial charge in [-0.15, -0.1) is 0 Å².